The van der Waals surface area contributed by atoms with Gasteiger partial charge in [0.1, 0.15) is 17.1 Å². The molecule has 2 fully saturated rings. The van der Waals surface area contributed by atoms with Gasteiger partial charge in [0.25, 0.3) is 11.8 Å². The lowest BCUT2D eigenvalue weighted by Crippen LogP contribution is -2.48. The number of piperazine rings is 1. The summed E-state index contributed by atoms with van der Waals surface area (Å²) in [6.07, 6.45) is 3.52. The van der Waals surface area contributed by atoms with Gasteiger partial charge < -0.3 is 20.3 Å². The molecule has 0 unspecified atom stereocenters. The largest absolute Gasteiger partial charge is 0.444 e. The van der Waals surface area contributed by atoms with E-state index < -0.39 is 11.7 Å². The van der Waals surface area contributed by atoms with Crippen molar-refractivity contribution in [3.63, 3.8) is 0 Å². The van der Waals surface area contributed by atoms with E-state index in [2.05, 4.69) is 31.5 Å². The standard InChI is InChI=1S/C39H48FN7O4/c1-39(2,3)51-38(50)42-16-4-5-31-23-32(37(49)47-21-19-46(20-22-47)27-30-10-12-33(40)13-11-30)25-43-35(31)36(48)44-34-14-17-45(18-15-34)26-29-8-6-28(24-41)7-9-29/h6-13,23,25,34H,4-5,14-22,26-27H2,1-3H3,(H,42,50)(H,44,48). The second kappa shape index (κ2) is 17.4. The Bertz CT molecular complexity index is 1690. The third-order valence-electron chi connectivity index (χ3n) is 9.11. The number of alkyl carbamates (subject to hydrolysis) is 1. The molecule has 1 aromatic heterocycles. The summed E-state index contributed by atoms with van der Waals surface area (Å²) in [6, 6.07) is 18.0. The molecule has 0 aliphatic carbocycles. The van der Waals surface area contributed by atoms with E-state index in [1.807, 2.05) is 24.3 Å². The van der Waals surface area contributed by atoms with Crippen LogP contribution >= 0.6 is 0 Å². The van der Waals surface area contributed by atoms with Crippen LogP contribution in [0, 0.1) is 17.1 Å². The molecule has 0 bridgehead atoms. The first-order valence-electron chi connectivity index (χ1n) is 17.7. The van der Waals surface area contributed by atoms with Gasteiger partial charge in [-0.15, -0.1) is 0 Å². The van der Waals surface area contributed by atoms with Crippen LogP contribution < -0.4 is 10.6 Å². The fourth-order valence-corrected chi connectivity index (χ4v) is 6.38. The van der Waals surface area contributed by atoms with Gasteiger partial charge in [0, 0.05) is 71.1 Å². The Morgan fingerprint density at radius 3 is 2.14 bits per heavy atom. The summed E-state index contributed by atoms with van der Waals surface area (Å²) in [5.41, 5.74) is 3.56. The van der Waals surface area contributed by atoms with Crippen molar-refractivity contribution in [2.24, 2.45) is 0 Å². The van der Waals surface area contributed by atoms with Crippen molar-refractivity contribution >= 4 is 17.9 Å². The molecule has 3 heterocycles. The van der Waals surface area contributed by atoms with Crippen molar-refractivity contribution in [1.82, 2.24) is 30.3 Å². The summed E-state index contributed by atoms with van der Waals surface area (Å²) in [5, 5.41) is 15.0. The van der Waals surface area contributed by atoms with Gasteiger partial charge >= 0.3 is 6.09 Å². The van der Waals surface area contributed by atoms with Crippen molar-refractivity contribution in [2.75, 3.05) is 45.8 Å². The number of likely N-dealkylation sites (tertiary alicyclic amines) is 1. The Morgan fingerprint density at radius 1 is 0.922 bits per heavy atom. The summed E-state index contributed by atoms with van der Waals surface area (Å²) in [7, 11) is 0. The predicted octanol–water partition coefficient (Wildman–Crippen LogP) is 4.90. The number of hydrogen-bond acceptors (Lipinski definition) is 8. The first kappa shape index (κ1) is 37.4. The summed E-state index contributed by atoms with van der Waals surface area (Å²) >= 11 is 0. The fourth-order valence-electron chi connectivity index (χ4n) is 6.38. The number of pyridine rings is 1. The number of nitriles is 1. The lowest BCUT2D eigenvalue weighted by Gasteiger charge is -2.35. The number of amides is 3. The number of halogens is 1. The lowest BCUT2D eigenvalue weighted by molar-refractivity contribution is 0.0526. The molecule has 3 amide bonds. The summed E-state index contributed by atoms with van der Waals surface area (Å²) in [4.78, 5) is 50.4. The minimum Gasteiger partial charge on any atom is -0.444 e. The van der Waals surface area contributed by atoms with Crippen LogP contribution in [-0.4, -0.2) is 95.0 Å². The van der Waals surface area contributed by atoms with Gasteiger partial charge in [-0.25, -0.2) is 14.2 Å². The van der Waals surface area contributed by atoms with E-state index >= 15 is 0 Å². The topological polar surface area (TPSA) is 131 Å². The van der Waals surface area contributed by atoms with E-state index in [1.54, 1.807) is 43.9 Å². The molecule has 0 spiro atoms. The molecule has 51 heavy (non-hydrogen) atoms. The fraction of sp³-hybridized carbons (Fsp3) is 0.462. The van der Waals surface area contributed by atoms with Crippen LogP contribution in [0.2, 0.25) is 0 Å². The third-order valence-corrected chi connectivity index (χ3v) is 9.11. The number of benzene rings is 2. The van der Waals surface area contributed by atoms with Crippen molar-refractivity contribution in [3.05, 3.63) is 100 Å². The smallest absolute Gasteiger partial charge is 0.407 e. The zero-order valence-corrected chi connectivity index (χ0v) is 29.8. The highest BCUT2D eigenvalue weighted by molar-refractivity contribution is 5.97. The van der Waals surface area contributed by atoms with Crippen LogP contribution in [0.5, 0.6) is 0 Å². The number of aryl methyl sites for hydroxylation is 1. The molecule has 2 aliphatic heterocycles. The van der Waals surface area contributed by atoms with Gasteiger partial charge in [0.2, 0.25) is 0 Å². The summed E-state index contributed by atoms with van der Waals surface area (Å²) in [6.45, 7) is 11.3. The summed E-state index contributed by atoms with van der Waals surface area (Å²) in [5.74, 6) is -0.676. The van der Waals surface area contributed by atoms with E-state index in [-0.39, 0.29) is 29.4 Å². The van der Waals surface area contributed by atoms with Gasteiger partial charge in [0.15, 0.2) is 0 Å². The lowest BCUT2D eigenvalue weighted by atomic mass is 10.0. The van der Waals surface area contributed by atoms with Gasteiger partial charge in [-0.3, -0.25) is 19.4 Å². The SMILES string of the molecule is CC(C)(C)OC(=O)NCCCc1cc(C(=O)N2CCN(Cc3ccc(F)cc3)CC2)cnc1C(=O)NC1CCN(Cc2ccc(C#N)cc2)CC1. The molecule has 3 aromatic rings. The van der Waals surface area contributed by atoms with E-state index in [0.29, 0.717) is 68.8 Å². The van der Waals surface area contributed by atoms with E-state index in [9.17, 15) is 18.8 Å². The molecule has 0 saturated carbocycles. The molecule has 2 N–H and O–H groups in total. The number of carbonyl (C=O) groups excluding carboxylic acids is 3. The van der Waals surface area contributed by atoms with Crippen LogP contribution in [0.15, 0.2) is 60.8 Å². The highest BCUT2D eigenvalue weighted by atomic mass is 19.1. The molecule has 2 aliphatic rings. The third kappa shape index (κ3) is 11.3. The minimum absolute atomic E-state index is 0.00860. The Kier molecular flexibility index (Phi) is 12.7. The molecule has 11 nitrogen and oxygen atoms in total. The average Bonchev–Trinajstić information content (AvgIpc) is 3.11. The van der Waals surface area contributed by atoms with Crippen molar-refractivity contribution in [1.29, 1.82) is 5.26 Å². The molecule has 12 heteroatoms. The second-order valence-electron chi connectivity index (χ2n) is 14.3. The van der Waals surface area contributed by atoms with Crippen molar-refractivity contribution in [2.45, 2.75) is 71.2 Å². The zero-order valence-electron chi connectivity index (χ0n) is 29.8. The van der Waals surface area contributed by atoms with E-state index in [0.717, 1.165) is 43.6 Å². The molecular formula is C39H48FN7O4. The molecule has 0 radical (unpaired) electrons. The number of aromatic nitrogens is 1. The van der Waals surface area contributed by atoms with Crippen molar-refractivity contribution in [3.8, 4) is 6.07 Å². The Morgan fingerprint density at radius 2 is 1.53 bits per heavy atom. The number of carbonyl (C=O) groups is 3. The maximum Gasteiger partial charge on any atom is 0.407 e. The van der Waals surface area contributed by atoms with Crippen LogP contribution in [-0.2, 0) is 24.2 Å². The Labute approximate surface area is 299 Å². The van der Waals surface area contributed by atoms with E-state index in [1.165, 1.54) is 18.3 Å². The van der Waals surface area contributed by atoms with E-state index in [4.69, 9.17) is 10.00 Å². The molecule has 2 aromatic carbocycles. The normalized spacial score (nSPS) is 15.9. The molecule has 2 saturated heterocycles. The number of rotatable bonds is 11. The average molecular weight is 698 g/mol. The van der Waals surface area contributed by atoms with Gasteiger partial charge in [-0.2, -0.15) is 5.26 Å². The highest BCUT2D eigenvalue weighted by Gasteiger charge is 2.26. The maximum atomic E-state index is 13.6. The van der Waals surface area contributed by atoms with Gasteiger partial charge in [0.05, 0.1) is 17.2 Å². The summed E-state index contributed by atoms with van der Waals surface area (Å²) < 4.78 is 18.7. The Balaban J connectivity index is 1.19. The van der Waals surface area contributed by atoms with Gasteiger partial charge in [-0.05, 0) is 93.5 Å². The number of nitrogens with one attached hydrogen (secondary N) is 2. The number of ether oxygens (including phenoxy) is 1. The first-order valence-corrected chi connectivity index (χ1v) is 17.7. The second-order valence-corrected chi connectivity index (χ2v) is 14.3. The number of piperidine rings is 1. The number of nitrogens with zero attached hydrogens (tertiary/aromatic N) is 5. The van der Waals surface area contributed by atoms with Crippen LogP contribution in [0.3, 0.4) is 0 Å². The quantitative estimate of drug-likeness (QED) is 0.271. The predicted molar refractivity (Wildman–Crippen MR) is 191 cm³/mol. The molecular weight excluding hydrogens is 649 g/mol. The van der Waals surface area contributed by atoms with Crippen LogP contribution in [0.4, 0.5) is 9.18 Å². The molecule has 5 rings (SSSR count). The van der Waals surface area contributed by atoms with Gasteiger partial charge in [-0.1, -0.05) is 24.3 Å². The first-order chi connectivity index (χ1) is 24.5. The Hall–Kier alpha value is -4.86. The molecule has 0 atom stereocenters. The minimum atomic E-state index is -0.611. The monoisotopic (exact) mass is 697 g/mol. The van der Waals surface area contributed by atoms with Crippen LogP contribution in [0.25, 0.3) is 0 Å². The van der Waals surface area contributed by atoms with Crippen molar-refractivity contribution < 1.29 is 23.5 Å². The zero-order chi connectivity index (χ0) is 36.4. The highest BCUT2D eigenvalue weighted by Crippen LogP contribution is 2.19. The number of hydrogen-bond donors (Lipinski definition) is 2. The van der Waals surface area contributed by atoms with Crippen LogP contribution in [0.1, 0.15) is 83.1 Å². The molecule has 270 valence electrons. The maximum absolute atomic E-state index is 13.6.